The van der Waals surface area contributed by atoms with Crippen LogP contribution in [0, 0.1) is 0 Å². The third-order valence-electron chi connectivity index (χ3n) is 2.21. The number of carbonyl (C=O) groups excluding carboxylic acids is 2. The number of carbonyl (C=O) groups is 2. The molecule has 0 fully saturated rings. The van der Waals surface area contributed by atoms with Crippen molar-refractivity contribution in [3.8, 4) is 0 Å². The molecule has 1 aromatic heterocycles. The molecule has 0 aliphatic heterocycles. The number of ether oxygens (including phenoxy) is 1. The molecular weight excluding hydrogens is 266 g/mol. The van der Waals surface area contributed by atoms with Crippen LogP contribution in [-0.4, -0.2) is 35.6 Å². The van der Waals surface area contributed by atoms with Crippen molar-refractivity contribution in [2.75, 3.05) is 11.9 Å². The Kier molecular flexibility index (Phi) is 5.75. The number of rotatable bonds is 6. The van der Waals surface area contributed by atoms with Gasteiger partial charge in [0, 0.05) is 6.04 Å². The Bertz CT molecular complexity index is 445. The zero-order valence-electron chi connectivity index (χ0n) is 11.5. The predicted molar refractivity (Wildman–Crippen MR) is 74.4 cm³/mol. The van der Waals surface area contributed by atoms with Crippen molar-refractivity contribution in [3.05, 3.63) is 11.2 Å². The van der Waals surface area contributed by atoms with Crippen LogP contribution in [0.1, 0.15) is 38.2 Å². The van der Waals surface area contributed by atoms with Gasteiger partial charge in [-0.3, -0.25) is 4.79 Å². The third-order valence-corrected chi connectivity index (χ3v) is 2.97. The second kappa shape index (κ2) is 7.08. The fourth-order valence-electron chi connectivity index (χ4n) is 1.37. The standard InChI is InChI=1S/C12H19N3O3S/c1-5-18-12(17)9-11(19-6-13-9)15-8(4)10(16)14-7(2)3/h6-8,15H,5H2,1-4H3,(H,14,16). The smallest absolute Gasteiger partial charge is 0.360 e. The Morgan fingerprint density at radius 2 is 2.11 bits per heavy atom. The van der Waals surface area contributed by atoms with Crippen molar-refractivity contribution < 1.29 is 14.3 Å². The maximum absolute atomic E-state index is 11.8. The van der Waals surface area contributed by atoms with Gasteiger partial charge in [0.15, 0.2) is 5.69 Å². The second-order valence-electron chi connectivity index (χ2n) is 4.28. The summed E-state index contributed by atoms with van der Waals surface area (Å²) in [6.07, 6.45) is 0. The Hall–Kier alpha value is -1.63. The van der Waals surface area contributed by atoms with Crippen molar-refractivity contribution in [1.29, 1.82) is 0 Å². The third kappa shape index (κ3) is 4.51. The summed E-state index contributed by atoms with van der Waals surface area (Å²) in [5.41, 5.74) is 1.76. The Morgan fingerprint density at radius 3 is 2.68 bits per heavy atom. The maximum atomic E-state index is 11.8. The lowest BCUT2D eigenvalue weighted by Gasteiger charge is -2.16. The molecule has 0 spiro atoms. The zero-order chi connectivity index (χ0) is 14.4. The molecule has 1 aromatic rings. The minimum atomic E-state index is -0.484. The lowest BCUT2D eigenvalue weighted by Crippen LogP contribution is -2.41. The van der Waals surface area contributed by atoms with E-state index in [1.54, 1.807) is 19.4 Å². The first-order valence-corrected chi connectivity index (χ1v) is 7.01. The second-order valence-corrected chi connectivity index (χ2v) is 5.13. The number of nitrogens with one attached hydrogen (secondary N) is 2. The van der Waals surface area contributed by atoms with Crippen LogP contribution >= 0.6 is 11.3 Å². The predicted octanol–water partition coefficient (Wildman–Crippen LogP) is 1.64. The first-order chi connectivity index (χ1) is 8.95. The SMILES string of the molecule is CCOC(=O)c1ncsc1NC(C)C(=O)NC(C)C. The molecule has 6 nitrogen and oxygen atoms in total. The average Bonchev–Trinajstić information content (AvgIpc) is 2.76. The molecule has 2 N–H and O–H groups in total. The molecule has 0 bridgehead atoms. The zero-order valence-corrected chi connectivity index (χ0v) is 12.3. The van der Waals surface area contributed by atoms with Gasteiger partial charge in [0.1, 0.15) is 11.0 Å². The van der Waals surface area contributed by atoms with E-state index in [-0.39, 0.29) is 17.6 Å². The molecule has 1 heterocycles. The van der Waals surface area contributed by atoms with Crippen LogP contribution in [0.25, 0.3) is 0 Å². The van der Waals surface area contributed by atoms with Crippen molar-refractivity contribution in [2.24, 2.45) is 0 Å². The van der Waals surface area contributed by atoms with E-state index >= 15 is 0 Å². The molecule has 7 heteroatoms. The van der Waals surface area contributed by atoms with Crippen LogP contribution in [0.3, 0.4) is 0 Å². The van der Waals surface area contributed by atoms with E-state index < -0.39 is 12.0 Å². The number of amides is 1. The van der Waals surface area contributed by atoms with E-state index in [4.69, 9.17) is 4.74 Å². The van der Waals surface area contributed by atoms with Gasteiger partial charge in [-0.1, -0.05) is 0 Å². The van der Waals surface area contributed by atoms with Gasteiger partial charge < -0.3 is 15.4 Å². The molecule has 0 radical (unpaired) electrons. The monoisotopic (exact) mass is 285 g/mol. The summed E-state index contributed by atoms with van der Waals surface area (Å²) in [6.45, 7) is 7.53. The summed E-state index contributed by atoms with van der Waals surface area (Å²) < 4.78 is 4.90. The van der Waals surface area contributed by atoms with Gasteiger partial charge in [-0.15, -0.1) is 11.3 Å². The van der Waals surface area contributed by atoms with Crippen molar-refractivity contribution >= 4 is 28.2 Å². The summed E-state index contributed by atoms with van der Waals surface area (Å²) in [6, 6.07) is -0.376. The van der Waals surface area contributed by atoms with E-state index in [0.29, 0.717) is 11.6 Å². The molecule has 1 rings (SSSR count). The first-order valence-electron chi connectivity index (χ1n) is 6.13. The number of esters is 1. The van der Waals surface area contributed by atoms with E-state index in [0.717, 1.165) is 0 Å². The fourth-order valence-corrected chi connectivity index (χ4v) is 2.12. The molecule has 0 saturated carbocycles. The molecule has 106 valence electrons. The normalized spacial score (nSPS) is 12.1. The van der Waals surface area contributed by atoms with Crippen LogP contribution in [-0.2, 0) is 9.53 Å². The van der Waals surface area contributed by atoms with E-state index in [9.17, 15) is 9.59 Å². The van der Waals surface area contributed by atoms with E-state index in [1.165, 1.54) is 11.3 Å². The lowest BCUT2D eigenvalue weighted by atomic mass is 10.3. The first kappa shape index (κ1) is 15.4. The molecule has 1 amide bonds. The summed E-state index contributed by atoms with van der Waals surface area (Å²) in [5, 5.41) is 6.32. The Balaban J connectivity index is 2.69. The number of hydrogen-bond donors (Lipinski definition) is 2. The van der Waals surface area contributed by atoms with Crippen LogP contribution < -0.4 is 10.6 Å². The molecule has 19 heavy (non-hydrogen) atoms. The number of aromatic nitrogens is 1. The topological polar surface area (TPSA) is 80.3 Å². The van der Waals surface area contributed by atoms with Crippen molar-refractivity contribution in [3.63, 3.8) is 0 Å². The van der Waals surface area contributed by atoms with E-state index in [1.807, 2.05) is 13.8 Å². The highest BCUT2D eigenvalue weighted by Gasteiger charge is 2.20. The van der Waals surface area contributed by atoms with Gasteiger partial charge in [0.25, 0.3) is 0 Å². The van der Waals surface area contributed by atoms with E-state index in [2.05, 4.69) is 15.6 Å². The molecule has 0 aliphatic carbocycles. The minimum Gasteiger partial charge on any atom is -0.461 e. The molecule has 1 unspecified atom stereocenters. The highest BCUT2D eigenvalue weighted by molar-refractivity contribution is 7.14. The molecule has 0 aromatic carbocycles. The highest BCUT2D eigenvalue weighted by atomic mass is 32.1. The Morgan fingerprint density at radius 1 is 1.42 bits per heavy atom. The summed E-state index contributed by atoms with van der Waals surface area (Å²) in [5.74, 6) is -0.610. The Labute approximate surface area is 116 Å². The van der Waals surface area contributed by atoms with Crippen molar-refractivity contribution in [2.45, 2.75) is 39.8 Å². The van der Waals surface area contributed by atoms with Crippen LogP contribution in [0.2, 0.25) is 0 Å². The largest absolute Gasteiger partial charge is 0.461 e. The lowest BCUT2D eigenvalue weighted by molar-refractivity contribution is -0.122. The molecule has 1 atom stereocenters. The number of thiazole rings is 1. The van der Waals surface area contributed by atoms with Crippen LogP contribution in [0.4, 0.5) is 5.00 Å². The number of nitrogens with zero attached hydrogens (tertiary/aromatic N) is 1. The average molecular weight is 285 g/mol. The van der Waals surface area contributed by atoms with Crippen LogP contribution in [0.5, 0.6) is 0 Å². The fraction of sp³-hybridized carbons (Fsp3) is 0.583. The molecule has 0 aliphatic rings. The molecule has 0 saturated heterocycles. The maximum Gasteiger partial charge on any atom is 0.360 e. The van der Waals surface area contributed by atoms with Gasteiger partial charge >= 0.3 is 5.97 Å². The van der Waals surface area contributed by atoms with Gasteiger partial charge in [-0.25, -0.2) is 9.78 Å². The summed E-state index contributed by atoms with van der Waals surface area (Å²) in [4.78, 5) is 27.4. The molecular formula is C12H19N3O3S. The minimum absolute atomic E-state index is 0.0720. The van der Waals surface area contributed by atoms with Gasteiger partial charge in [0.2, 0.25) is 5.91 Å². The van der Waals surface area contributed by atoms with Gasteiger partial charge in [0.05, 0.1) is 12.1 Å². The van der Waals surface area contributed by atoms with Gasteiger partial charge in [-0.2, -0.15) is 0 Å². The van der Waals surface area contributed by atoms with Gasteiger partial charge in [-0.05, 0) is 27.7 Å². The quantitative estimate of drug-likeness (QED) is 0.777. The van der Waals surface area contributed by atoms with Crippen molar-refractivity contribution in [1.82, 2.24) is 10.3 Å². The summed E-state index contributed by atoms with van der Waals surface area (Å²) >= 11 is 1.27. The number of anilines is 1. The van der Waals surface area contributed by atoms with Crippen LogP contribution in [0.15, 0.2) is 5.51 Å². The highest BCUT2D eigenvalue weighted by Crippen LogP contribution is 2.21. The summed E-state index contributed by atoms with van der Waals surface area (Å²) in [7, 11) is 0. The number of hydrogen-bond acceptors (Lipinski definition) is 6.